The predicted molar refractivity (Wildman–Crippen MR) is 141 cm³/mol. The maximum Gasteiger partial charge on any atom is 0.328 e. The van der Waals surface area contributed by atoms with Gasteiger partial charge in [-0.1, -0.05) is 0 Å². The van der Waals surface area contributed by atoms with Crippen molar-refractivity contribution < 1.29 is 19.2 Å². The van der Waals surface area contributed by atoms with Crippen molar-refractivity contribution in [3.05, 3.63) is 30.7 Å². The smallest absolute Gasteiger partial charge is 0.328 e. The van der Waals surface area contributed by atoms with Crippen LogP contribution in [-0.4, -0.2) is 105 Å². The van der Waals surface area contributed by atoms with Crippen LogP contribution < -0.4 is 10.2 Å². The molecular formula is C26H29N9O4. The van der Waals surface area contributed by atoms with Gasteiger partial charge in [-0.2, -0.15) is 0 Å². The number of imide groups is 1. The molecule has 2 aromatic rings. The van der Waals surface area contributed by atoms with Gasteiger partial charge in [-0.3, -0.25) is 24.3 Å². The molecule has 13 nitrogen and oxygen atoms in total. The first-order valence-corrected chi connectivity index (χ1v) is 12.9. The first-order valence-electron chi connectivity index (χ1n) is 12.9. The van der Waals surface area contributed by atoms with Crippen LogP contribution in [0.2, 0.25) is 0 Å². The van der Waals surface area contributed by atoms with E-state index in [0.717, 1.165) is 41.2 Å². The molecule has 13 heteroatoms. The highest BCUT2D eigenvalue weighted by molar-refractivity contribution is 6.05. The second-order valence-electron chi connectivity index (χ2n) is 10.6. The van der Waals surface area contributed by atoms with Gasteiger partial charge >= 0.3 is 6.03 Å². The van der Waals surface area contributed by atoms with E-state index in [1.807, 2.05) is 12.1 Å². The number of fused-ring (bicyclic) bond motifs is 2. The van der Waals surface area contributed by atoms with Crippen LogP contribution in [0.5, 0.6) is 0 Å². The molecule has 4 aliphatic rings. The molecule has 2 saturated heterocycles. The summed E-state index contributed by atoms with van der Waals surface area (Å²) in [5.74, 6) is 1.51. The van der Waals surface area contributed by atoms with Gasteiger partial charge < -0.3 is 20.0 Å². The summed E-state index contributed by atoms with van der Waals surface area (Å²) in [5, 5.41) is 2.76. The number of piperidine rings is 1. The summed E-state index contributed by atoms with van der Waals surface area (Å²) in [5.41, 5.74) is 1.34. The molecule has 202 valence electrons. The van der Waals surface area contributed by atoms with Gasteiger partial charge in [0, 0.05) is 31.9 Å². The van der Waals surface area contributed by atoms with Crippen LogP contribution in [0.1, 0.15) is 20.3 Å². The number of amides is 4. The first kappa shape index (κ1) is 24.9. The van der Waals surface area contributed by atoms with Gasteiger partial charge in [-0.25, -0.2) is 19.8 Å². The van der Waals surface area contributed by atoms with Crippen LogP contribution >= 0.6 is 0 Å². The Morgan fingerprint density at radius 2 is 1.90 bits per heavy atom. The number of pyridine rings is 1. The summed E-state index contributed by atoms with van der Waals surface area (Å²) < 4.78 is 0. The number of aromatic nitrogens is 3. The van der Waals surface area contributed by atoms with E-state index in [4.69, 9.17) is 0 Å². The molecule has 0 radical (unpaired) electrons. The Morgan fingerprint density at radius 3 is 2.59 bits per heavy atom. The van der Waals surface area contributed by atoms with E-state index in [0.29, 0.717) is 5.69 Å². The summed E-state index contributed by atoms with van der Waals surface area (Å²) in [6, 6.07) is 1.59. The van der Waals surface area contributed by atoms with Crippen LogP contribution in [0.25, 0.3) is 11.3 Å². The van der Waals surface area contributed by atoms with Crippen molar-refractivity contribution in [3.63, 3.8) is 0 Å². The topological polar surface area (TPSA) is 144 Å². The largest absolute Gasteiger partial charge is 0.356 e. The molecule has 1 aliphatic carbocycles. The summed E-state index contributed by atoms with van der Waals surface area (Å²) in [4.78, 5) is 74.3. The zero-order valence-electron chi connectivity index (χ0n) is 21.9. The van der Waals surface area contributed by atoms with Crippen molar-refractivity contribution in [2.75, 3.05) is 36.9 Å². The highest BCUT2D eigenvalue weighted by atomic mass is 16.2. The lowest BCUT2D eigenvalue weighted by atomic mass is 10.1. The molecule has 1 saturated carbocycles. The van der Waals surface area contributed by atoms with E-state index in [1.165, 1.54) is 42.7 Å². The van der Waals surface area contributed by atoms with Crippen LogP contribution in [0.4, 0.5) is 16.4 Å². The second-order valence-corrected chi connectivity index (χ2v) is 10.6. The van der Waals surface area contributed by atoms with Crippen LogP contribution in [0.3, 0.4) is 0 Å². The van der Waals surface area contributed by atoms with Gasteiger partial charge in [-0.15, -0.1) is 0 Å². The Balaban J connectivity index is 1.14. The number of carbonyl (C=O) groups is 4. The molecule has 4 amide bonds. The van der Waals surface area contributed by atoms with E-state index in [9.17, 15) is 19.2 Å². The number of hydrogen-bond donors (Lipinski definition) is 1. The standard InChI is InChI=1S/C26H29N9O4/c1-14(36)10-34-25(38)22-23(32(3)26(34)39)29-13-35(22)15(2)24(37)31-20-9-27-8-19(30-20)16-4-5-21(28-7-16)33-11-17-6-18(17)12-33/h4-5,7-9,13,15,17-18,22-23H,6,10-12H2,1-3H3,(H,30,31,37)/t15-,17?,18?,22?,23?/m0/s1. The number of nitrogens with one attached hydrogen (secondary N) is 1. The number of carbonyl (C=O) groups excluding carboxylic acids is 4. The van der Waals surface area contributed by atoms with Crippen molar-refractivity contribution in [3.8, 4) is 11.3 Å². The van der Waals surface area contributed by atoms with Gasteiger partial charge in [0.2, 0.25) is 5.91 Å². The molecule has 0 bridgehead atoms. The summed E-state index contributed by atoms with van der Waals surface area (Å²) in [6.45, 7) is 4.72. The zero-order valence-corrected chi connectivity index (χ0v) is 21.9. The molecule has 4 unspecified atom stereocenters. The minimum atomic E-state index is -0.920. The maximum atomic E-state index is 13.2. The minimum Gasteiger partial charge on any atom is -0.356 e. The van der Waals surface area contributed by atoms with E-state index >= 15 is 0 Å². The molecule has 3 fully saturated rings. The summed E-state index contributed by atoms with van der Waals surface area (Å²) in [6.07, 6.45) is 6.76. The molecule has 0 spiro atoms. The zero-order chi connectivity index (χ0) is 27.4. The molecule has 1 N–H and O–H groups in total. The molecule has 39 heavy (non-hydrogen) atoms. The third-order valence-corrected chi connectivity index (χ3v) is 7.84. The number of anilines is 2. The van der Waals surface area contributed by atoms with E-state index < -0.39 is 36.1 Å². The Hall–Kier alpha value is -4.42. The monoisotopic (exact) mass is 531 g/mol. The van der Waals surface area contributed by atoms with Gasteiger partial charge in [0.15, 0.2) is 18.0 Å². The molecular weight excluding hydrogens is 502 g/mol. The predicted octanol–water partition coefficient (Wildman–Crippen LogP) is 0.843. The number of nitrogens with zero attached hydrogens (tertiary/aromatic N) is 8. The van der Waals surface area contributed by atoms with E-state index in [2.05, 4.69) is 30.2 Å². The molecule has 0 aromatic carbocycles. The number of hydrogen-bond acceptors (Lipinski definition) is 10. The normalized spacial score (nSPS) is 26.0. The lowest BCUT2D eigenvalue weighted by Crippen LogP contribution is -2.66. The van der Waals surface area contributed by atoms with Crippen molar-refractivity contribution >= 4 is 41.6 Å². The number of aliphatic imine (C=N–C) groups is 1. The molecule has 5 heterocycles. The average molecular weight is 532 g/mol. The summed E-state index contributed by atoms with van der Waals surface area (Å²) >= 11 is 0. The van der Waals surface area contributed by atoms with Crippen LogP contribution in [0, 0.1) is 11.8 Å². The number of Topliss-reactive ketones (excluding diaryl/α,β-unsaturated/α-hetero) is 1. The SMILES string of the molecule is CC(=O)CN1C(=O)C2C(N=CN2[C@@H](C)C(=O)Nc2cncc(-c3ccc(N4CC5CC5C4)nc3)n2)N(C)C1=O. The lowest BCUT2D eigenvalue weighted by Gasteiger charge is -2.41. The Labute approximate surface area is 224 Å². The fourth-order valence-corrected chi connectivity index (χ4v) is 5.53. The van der Waals surface area contributed by atoms with Gasteiger partial charge in [0.05, 0.1) is 31.0 Å². The van der Waals surface area contributed by atoms with Gasteiger partial charge in [0.1, 0.15) is 17.6 Å². The van der Waals surface area contributed by atoms with Gasteiger partial charge in [-0.05, 0) is 44.2 Å². The minimum absolute atomic E-state index is 0.251. The van der Waals surface area contributed by atoms with E-state index in [1.54, 1.807) is 19.3 Å². The Morgan fingerprint density at radius 1 is 1.13 bits per heavy atom. The molecule has 2 aromatic heterocycles. The fraction of sp³-hybridized carbons (Fsp3) is 0.462. The van der Waals surface area contributed by atoms with Crippen molar-refractivity contribution in [2.24, 2.45) is 16.8 Å². The van der Waals surface area contributed by atoms with Gasteiger partial charge in [0.25, 0.3) is 5.91 Å². The second kappa shape index (κ2) is 9.40. The quantitative estimate of drug-likeness (QED) is 0.550. The number of rotatable bonds is 7. The third-order valence-electron chi connectivity index (χ3n) is 7.84. The van der Waals surface area contributed by atoms with Crippen LogP contribution in [0.15, 0.2) is 35.7 Å². The van der Waals surface area contributed by atoms with Crippen molar-refractivity contribution in [1.29, 1.82) is 0 Å². The summed E-state index contributed by atoms with van der Waals surface area (Å²) in [7, 11) is 1.52. The number of ketones is 1. The molecule has 6 rings (SSSR count). The van der Waals surface area contributed by atoms with E-state index in [-0.39, 0.29) is 18.1 Å². The maximum absolute atomic E-state index is 13.2. The average Bonchev–Trinajstić information content (AvgIpc) is 3.31. The molecule has 3 aliphatic heterocycles. The number of likely N-dealkylation sites (N-methyl/N-ethyl adjacent to an activating group) is 1. The highest BCUT2D eigenvalue weighted by Gasteiger charge is 2.51. The first-order chi connectivity index (χ1) is 18.7. The van der Waals surface area contributed by atoms with Crippen molar-refractivity contribution in [1.82, 2.24) is 29.7 Å². The third kappa shape index (κ3) is 4.47. The van der Waals surface area contributed by atoms with Crippen molar-refractivity contribution in [2.45, 2.75) is 38.5 Å². The highest BCUT2D eigenvalue weighted by Crippen LogP contribution is 2.46. The molecule has 5 atom stereocenters. The Kier molecular flexibility index (Phi) is 6.00. The number of urea groups is 1. The Bertz CT molecular complexity index is 1370. The fourth-order valence-electron chi connectivity index (χ4n) is 5.53. The van der Waals surface area contributed by atoms with Crippen LogP contribution in [-0.2, 0) is 14.4 Å². The lowest BCUT2D eigenvalue weighted by molar-refractivity contribution is -0.141.